The summed E-state index contributed by atoms with van der Waals surface area (Å²) in [6, 6.07) is 13.4. The highest BCUT2D eigenvalue weighted by molar-refractivity contribution is 7.90. The van der Waals surface area contributed by atoms with E-state index in [1.165, 1.54) is 6.26 Å². The van der Waals surface area contributed by atoms with Crippen LogP contribution in [0.15, 0.2) is 53.6 Å². The highest BCUT2D eigenvalue weighted by Crippen LogP contribution is 2.22. The normalized spacial score (nSPS) is 13.1. The van der Waals surface area contributed by atoms with Gasteiger partial charge in [-0.1, -0.05) is 30.3 Å². The summed E-state index contributed by atoms with van der Waals surface area (Å²) in [4.78, 5) is 6.47. The third kappa shape index (κ3) is 4.05. The molecule has 0 saturated carbocycles. The second kappa shape index (κ2) is 6.89. The van der Waals surface area contributed by atoms with Crippen LogP contribution in [0.5, 0.6) is 0 Å². The molecule has 0 bridgehead atoms. The molecule has 2 aromatic rings. The van der Waals surface area contributed by atoms with Crippen molar-refractivity contribution in [3.63, 3.8) is 0 Å². The van der Waals surface area contributed by atoms with E-state index < -0.39 is 9.84 Å². The number of anilines is 1. The summed E-state index contributed by atoms with van der Waals surface area (Å²) in [6.45, 7) is 0.566. The molecule has 1 unspecified atom stereocenters. The molecule has 0 aliphatic carbocycles. The van der Waals surface area contributed by atoms with Crippen molar-refractivity contribution in [1.29, 1.82) is 0 Å². The highest BCUT2D eigenvalue weighted by atomic mass is 32.2. The fourth-order valence-corrected chi connectivity index (χ4v) is 3.09. The van der Waals surface area contributed by atoms with E-state index in [0.29, 0.717) is 12.4 Å². The van der Waals surface area contributed by atoms with Gasteiger partial charge >= 0.3 is 0 Å². The van der Waals surface area contributed by atoms with Crippen molar-refractivity contribution in [2.45, 2.75) is 10.9 Å². The van der Waals surface area contributed by atoms with Crippen LogP contribution in [0.25, 0.3) is 0 Å². The zero-order chi connectivity index (χ0) is 16.2. The van der Waals surface area contributed by atoms with Crippen LogP contribution >= 0.6 is 0 Å². The Kier molecular flexibility index (Phi) is 5.15. The van der Waals surface area contributed by atoms with Gasteiger partial charge < -0.3 is 10.2 Å². The number of nitrogens with zero attached hydrogens (tertiary/aromatic N) is 2. The van der Waals surface area contributed by atoms with E-state index >= 15 is 0 Å². The van der Waals surface area contributed by atoms with E-state index in [-0.39, 0.29) is 10.9 Å². The van der Waals surface area contributed by atoms with Gasteiger partial charge in [0.2, 0.25) is 0 Å². The molecule has 0 aliphatic heterocycles. The summed E-state index contributed by atoms with van der Waals surface area (Å²) < 4.78 is 23.6. The molecule has 1 atom stereocenters. The first-order valence-electron chi connectivity index (χ1n) is 7.00. The van der Waals surface area contributed by atoms with Crippen LogP contribution in [0.2, 0.25) is 0 Å². The summed E-state index contributed by atoms with van der Waals surface area (Å²) in [7, 11) is 0.686. The predicted octanol–water partition coefficient (Wildman–Crippen LogP) is 2.20. The molecule has 1 aromatic heterocycles. The maximum Gasteiger partial charge on any atom is 0.179 e. The Balaban J connectivity index is 2.21. The lowest BCUT2D eigenvalue weighted by atomic mass is 10.1. The first-order chi connectivity index (χ1) is 10.4. The zero-order valence-electron chi connectivity index (χ0n) is 13.0. The molecule has 22 heavy (non-hydrogen) atoms. The molecule has 5 nitrogen and oxygen atoms in total. The average Bonchev–Trinajstić information content (AvgIpc) is 2.47. The van der Waals surface area contributed by atoms with E-state index in [9.17, 15) is 8.42 Å². The molecule has 6 heteroatoms. The molecule has 0 spiro atoms. The van der Waals surface area contributed by atoms with Crippen molar-refractivity contribution < 1.29 is 8.42 Å². The summed E-state index contributed by atoms with van der Waals surface area (Å²) >= 11 is 0. The zero-order valence-corrected chi connectivity index (χ0v) is 13.8. The Morgan fingerprint density at radius 3 is 2.41 bits per heavy atom. The minimum absolute atomic E-state index is 0.121. The number of hydrogen-bond donors (Lipinski definition) is 1. The third-order valence-electron chi connectivity index (χ3n) is 3.44. The van der Waals surface area contributed by atoms with Crippen LogP contribution < -0.4 is 5.32 Å². The minimum Gasteiger partial charge on any atom is -0.367 e. The molecule has 0 radical (unpaired) electrons. The van der Waals surface area contributed by atoms with Gasteiger partial charge in [0.25, 0.3) is 0 Å². The second-order valence-electron chi connectivity index (χ2n) is 5.39. The van der Waals surface area contributed by atoms with Crippen LogP contribution in [0, 0.1) is 0 Å². The number of pyridine rings is 1. The van der Waals surface area contributed by atoms with Crippen LogP contribution in [0.1, 0.15) is 11.6 Å². The number of nitrogens with one attached hydrogen (secondary N) is 1. The van der Waals surface area contributed by atoms with Gasteiger partial charge in [0.1, 0.15) is 10.7 Å². The van der Waals surface area contributed by atoms with Gasteiger partial charge in [-0.05, 0) is 31.8 Å². The van der Waals surface area contributed by atoms with Gasteiger partial charge in [-0.2, -0.15) is 0 Å². The Morgan fingerprint density at radius 1 is 1.14 bits per heavy atom. The van der Waals surface area contributed by atoms with Crippen LogP contribution in [-0.4, -0.2) is 45.2 Å². The summed E-state index contributed by atoms with van der Waals surface area (Å²) in [6.07, 6.45) is 2.78. The van der Waals surface area contributed by atoms with Gasteiger partial charge in [-0.25, -0.2) is 13.4 Å². The molecule has 1 heterocycles. The highest BCUT2D eigenvalue weighted by Gasteiger charge is 2.17. The van der Waals surface area contributed by atoms with Gasteiger partial charge in [0, 0.05) is 19.0 Å². The monoisotopic (exact) mass is 319 g/mol. The van der Waals surface area contributed by atoms with Crippen LogP contribution in [0.4, 0.5) is 5.82 Å². The Morgan fingerprint density at radius 2 is 1.82 bits per heavy atom. The number of rotatable bonds is 6. The minimum atomic E-state index is -3.30. The first-order valence-corrected chi connectivity index (χ1v) is 8.89. The van der Waals surface area contributed by atoms with Gasteiger partial charge in [-0.15, -0.1) is 0 Å². The standard InChI is InChI=1S/C16H21N3O2S/c1-19(2)14(13-8-5-4-6-9-13)12-18-16-15(22(3,20)21)10-7-11-17-16/h4-11,14H,12H2,1-3H3,(H,17,18). The second-order valence-corrected chi connectivity index (χ2v) is 7.38. The SMILES string of the molecule is CN(C)C(CNc1ncccc1S(C)(=O)=O)c1ccccc1. The van der Waals surface area contributed by atoms with Crippen molar-refractivity contribution in [1.82, 2.24) is 9.88 Å². The molecule has 2 rings (SSSR count). The number of sulfone groups is 1. The van der Waals surface area contributed by atoms with Gasteiger partial charge in [0.15, 0.2) is 9.84 Å². The Hall–Kier alpha value is -1.92. The fourth-order valence-electron chi connectivity index (χ4n) is 2.29. The predicted molar refractivity (Wildman–Crippen MR) is 88.7 cm³/mol. The Labute approximate surface area is 131 Å². The third-order valence-corrected chi connectivity index (χ3v) is 4.57. The van der Waals surface area contributed by atoms with Crippen molar-refractivity contribution >= 4 is 15.7 Å². The van der Waals surface area contributed by atoms with Crippen LogP contribution in [0.3, 0.4) is 0 Å². The lowest BCUT2D eigenvalue weighted by molar-refractivity contribution is 0.311. The van der Waals surface area contributed by atoms with Gasteiger partial charge in [0.05, 0.1) is 6.04 Å². The molecule has 1 N–H and O–H groups in total. The van der Waals surface area contributed by atoms with Crippen molar-refractivity contribution in [3.8, 4) is 0 Å². The van der Waals surface area contributed by atoms with Crippen molar-refractivity contribution in [3.05, 3.63) is 54.2 Å². The van der Waals surface area contributed by atoms with E-state index in [2.05, 4.69) is 27.3 Å². The van der Waals surface area contributed by atoms with Gasteiger partial charge in [-0.3, -0.25) is 0 Å². The maximum absolute atomic E-state index is 11.8. The molecule has 0 amide bonds. The van der Waals surface area contributed by atoms with E-state index in [1.807, 2.05) is 32.3 Å². The van der Waals surface area contributed by atoms with E-state index in [0.717, 1.165) is 5.56 Å². The molecular formula is C16H21N3O2S. The lowest BCUT2D eigenvalue weighted by Gasteiger charge is -2.25. The topological polar surface area (TPSA) is 62.3 Å². The summed E-state index contributed by atoms with van der Waals surface area (Å²) in [5, 5.41) is 3.17. The van der Waals surface area contributed by atoms with E-state index in [4.69, 9.17) is 0 Å². The van der Waals surface area contributed by atoms with Crippen molar-refractivity contribution in [2.24, 2.45) is 0 Å². The molecule has 0 saturated heterocycles. The Bertz CT molecular complexity index is 715. The van der Waals surface area contributed by atoms with Crippen LogP contribution in [-0.2, 0) is 9.84 Å². The summed E-state index contributed by atoms with van der Waals surface area (Å²) in [5.41, 5.74) is 1.16. The largest absolute Gasteiger partial charge is 0.367 e. The number of aromatic nitrogens is 1. The lowest BCUT2D eigenvalue weighted by Crippen LogP contribution is -2.27. The smallest absolute Gasteiger partial charge is 0.179 e. The number of hydrogen-bond acceptors (Lipinski definition) is 5. The maximum atomic E-state index is 11.8. The summed E-state index contributed by atoms with van der Waals surface area (Å²) in [5.74, 6) is 0.396. The number of benzene rings is 1. The molecule has 0 fully saturated rings. The first kappa shape index (κ1) is 16.5. The molecule has 0 aliphatic rings. The number of likely N-dealkylation sites (N-methyl/N-ethyl adjacent to an activating group) is 1. The molecule has 1 aromatic carbocycles. The molecular weight excluding hydrogens is 298 g/mol. The quantitative estimate of drug-likeness (QED) is 0.884. The average molecular weight is 319 g/mol. The van der Waals surface area contributed by atoms with E-state index in [1.54, 1.807) is 18.3 Å². The molecule has 118 valence electrons. The van der Waals surface area contributed by atoms with Crippen molar-refractivity contribution in [2.75, 3.05) is 32.2 Å². The fraction of sp³-hybridized carbons (Fsp3) is 0.312.